The Hall–Kier alpha value is -1.06. The molecule has 2 rings (SSSR count). The molecule has 0 bridgehead atoms. The highest BCUT2D eigenvalue weighted by Crippen LogP contribution is 2.20. The minimum atomic E-state index is 0.451. The van der Waals surface area contributed by atoms with E-state index in [1.165, 1.54) is 24.8 Å². The highest BCUT2D eigenvalue weighted by molar-refractivity contribution is 5.28. The number of rotatable bonds is 6. The molecule has 1 saturated heterocycles. The van der Waals surface area contributed by atoms with Gasteiger partial charge in [-0.2, -0.15) is 0 Å². The molecule has 0 spiro atoms. The van der Waals surface area contributed by atoms with E-state index in [9.17, 15) is 0 Å². The maximum Gasteiger partial charge on any atom is 0.119 e. The lowest BCUT2D eigenvalue weighted by Crippen LogP contribution is -2.19. The third-order valence-electron chi connectivity index (χ3n) is 3.31. The average Bonchev–Trinajstić information content (AvgIpc) is 2.44. The van der Waals surface area contributed by atoms with E-state index in [0.29, 0.717) is 19.3 Å². The standard InChI is InChI=1S/C15H23NO2/c16-9-11-18-15-6-3-4-13(12-15)7-8-14-5-1-2-10-17-14/h3-4,6,12,14H,1-2,5,7-11,16H2. The van der Waals surface area contributed by atoms with Crippen LogP contribution < -0.4 is 10.5 Å². The van der Waals surface area contributed by atoms with E-state index in [1.807, 2.05) is 12.1 Å². The average molecular weight is 249 g/mol. The summed E-state index contributed by atoms with van der Waals surface area (Å²) in [7, 11) is 0. The lowest BCUT2D eigenvalue weighted by atomic mass is 10.0. The highest BCUT2D eigenvalue weighted by Gasteiger charge is 2.13. The fourth-order valence-electron chi connectivity index (χ4n) is 2.33. The van der Waals surface area contributed by atoms with E-state index in [-0.39, 0.29) is 0 Å². The van der Waals surface area contributed by atoms with Gasteiger partial charge in [-0.05, 0) is 49.8 Å². The van der Waals surface area contributed by atoms with Crippen molar-refractivity contribution in [3.63, 3.8) is 0 Å². The molecule has 1 aromatic carbocycles. The van der Waals surface area contributed by atoms with E-state index >= 15 is 0 Å². The van der Waals surface area contributed by atoms with Crippen molar-refractivity contribution in [2.75, 3.05) is 19.8 Å². The molecule has 0 aliphatic carbocycles. The van der Waals surface area contributed by atoms with Gasteiger partial charge in [0.1, 0.15) is 12.4 Å². The van der Waals surface area contributed by atoms with E-state index in [2.05, 4.69) is 12.1 Å². The molecule has 2 N–H and O–H groups in total. The molecule has 3 heteroatoms. The maximum atomic E-state index is 5.75. The van der Waals surface area contributed by atoms with Crippen LogP contribution in [0.2, 0.25) is 0 Å². The first-order valence-corrected chi connectivity index (χ1v) is 6.92. The highest BCUT2D eigenvalue weighted by atomic mass is 16.5. The van der Waals surface area contributed by atoms with Crippen molar-refractivity contribution in [2.45, 2.75) is 38.2 Å². The van der Waals surface area contributed by atoms with Crippen LogP contribution in [0.1, 0.15) is 31.2 Å². The second-order valence-corrected chi connectivity index (χ2v) is 4.81. The Morgan fingerprint density at radius 1 is 1.33 bits per heavy atom. The van der Waals surface area contributed by atoms with Crippen LogP contribution in [0.3, 0.4) is 0 Å². The molecule has 1 atom stereocenters. The molecule has 1 aliphatic heterocycles. The van der Waals surface area contributed by atoms with Crippen molar-refractivity contribution in [1.29, 1.82) is 0 Å². The minimum absolute atomic E-state index is 0.451. The molecule has 1 heterocycles. The van der Waals surface area contributed by atoms with Gasteiger partial charge >= 0.3 is 0 Å². The van der Waals surface area contributed by atoms with E-state index in [1.54, 1.807) is 0 Å². The summed E-state index contributed by atoms with van der Waals surface area (Å²) in [6.45, 7) is 2.07. The Morgan fingerprint density at radius 3 is 3.06 bits per heavy atom. The molecule has 0 aromatic heterocycles. The first-order chi connectivity index (χ1) is 8.88. The molecule has 1 aromatic rings. The van der Waals surface area contributed by atoms with Gasteiger partial charge in [0.15, 0.2) is 0 Å². The maximum absolute atomic E-state index is 5.75. The second-order valence-electron chi connectivity index (χ2n) is 4.81. The summed E-state index contributed by atoms with van der Waals surface area (Å²) in [6, 6.07) is 8.29. The predicted molar refractivity (Wildman–Crippen MR) is 72.9 cm³/mol. The first kappa shape index (κ1) is 13.4. The molecule has 100 valence electrons. The van der Waals surface area contributed by atoms with Gasteiger partial charge in [0.05, 0.1) is 6.10 Å². The largest absolute Gasteiger partial charge is 0.492 e. The molecule has 0 saturated carbocycles. The predicted octanol–water partition coefficient (Wildman–Crippen LogP) is 2.53. The quantitative estimate of drug-likeness (QED) is 0.842. The Kier molecular flexibility index (Phi) is 5.49. The van der Waals surface area contributed by atoms with E-state index in [4.69, 9.17) is 15.2 Å². The smallest absolute Gasteiger partial charge is 0.119 e. The molecule has 0 radical (unpaired) electrons. The van der Waals surface area contributed by atoms with Crippen LogP contribution in [-0.4, -0.2) is 25.9 Å². The van der Waals surface area contributed by atoms with Gasteiger partial charge in [0.2, 0.25) is 0 Å². The monoisotopic (exact) mass is 249 g/mol. The number of ether oxygens (including phenoxy) is 2. The summed E-state index contributed by atoms with van der Waals surface area (Å²) in [6.07, 6.45) is 6.37. The zero-order chi connectivity index (χ0) is 12.6. The van der Waals surface area contributed by atoms with Crippen molar-refractivity contribution < 1.29 is 9.47 Å². The van der Waals surface area contributed by atoms with E-state index in [0.717, 1.165) is 25.2 Å². The van der Waals surface area contributed by atoms with Crippen LogP contribution in [0, 0.1) is 0 Å². The fraction of sp³-hybridized carbons (Fsp3) is 0.600. The van der Waals surface area contributed by atoms with Crippen molar-refractivity contribution in [2.24, 2.45) is 5.73 Å². The fourth-order valence-corrected chi connectivity index (χ4v) is 2.33. The number of aryl methyl sites for hydroxylation is 1. The van der Waals surface area contributed by atoms with Crippen molar-refractivity contribution in [3.8, 4) is 5.75 Å². The molecule has 1 unspecified atom stereocenters. The van der Waals surface area contributed by atoms with Crippen LogP contribution in [0.25, 0.3) is 0 Å². The Morgan fingerprint density at radius 2 is 2.28 bits per heavy atom. The molecular weight excluding hydrogens is 226 g/mol. The molecule has 0 amide bonds. The van der Waals surface area contributed by atoms with Gasteiger partial charge in [0, 0.05) is 13.2 Å². The third kappa shape index (κ3) is 4.31. The van der Waals surface area contributed by atoms with Crippen LogP contribution in [0.4, 0.5) is 0 Å². The Bertz CT molecular complexity index is 348. The number of nitrogens with two attached hydrogens (primary N) is 1. The topological polar surface area (TPSA) is 44.5 Å². The van der Waals surface area contributed by atoms with Gasteiger partial charge in [-0.3, -0.25) is 0 Å². The summed E-state index contributed by atoms with van der Waals surface area (Å²) in [5.41, 5.74) is 6.75. The minimum Gasteiger partial charge on any atom is -0.492 e. The van der Waals surface area contributed by atoms with Crippen LogP contribution in [0.15, 0.2) is 24.3 Å². The van der Waals surface area contributed by atoms with Crippen LogP contribution >= 0.6 is 0 Å². The molecular formula is C15H23NO2. The van der Waals surface area contributed by atoms with Crippen LogP contribution in [-0.2, 0) is 11.2 Å². The van der Waals surface area contributed by atoms with Crippen molar-refractivity contribution >= 4 is 0 Å². The first-order valence-electron chi connectivity index (χ1n) is 6.92. The number of hydrogen-bond acceptors (Lipinski definition) is 3. The summed E-state index contributed by atoms with van der Waals surface area (Å²) < 4.78 is 11.3. The van der Waals surface area contributed by atoms with Crippen LogP contribution in [0.5, 0.6) is 5.75 Å². The summed E-state index contributed by atoms with van der Waals surface area (Å²) in [5, 5.41) is 0. The van der Waals surface area contributed by atoms with E-state index < -0.39 is 0 Å². The summed E-state index contributed by atoms with van der Waals surface area (Å²) in [5.74, 6) is 0.919. The van der Waals surface area contributed by atoms with Gasteiger partial charge in [-0.25, -0.2) is 0 Å². The lowest BCUT2D eigenvalue weighted by molar-refractivity contribution is 0.0115. The normalized spacial score (nSPS) is 19.7. The summed E-state index contributed by atoms with van der Waals surface area (Å²) in [4.78, 5) is 0. The van der Waals surface area contributed by atoms with Crippen molar-refractivity contribution in [1.82, 2.24) is 0 Å². The SMILES string of the molecule is NCCOc1cccc(CCC2CCCCO2)c1. The van der Waals surface area contributed by atoms with Gasteiger partial charge in [0.25, 0.3) is 0 Å². The Balaban J connectivity index is 1.80. The third-order valence-corrected chi connectivity index (χ3v) is 3.31. The zero-order valence-electron chi connectivity index (χ0n) is 10.9. The molecule has 3 nitrogen and oxygen atoms in total. The lowest BCUT2D eigenvalue weighted by Gasteiger charge is -2.22. The molecule has 1 fully saturated rings. The number of hydrogen-bond donors (Lipinski definition) is 1. The Labute approximate surface area is 109 Å². The zero-order valence-corrected chi connectivity index (χ0v) is 10.9. The molecule has 18 heavy (non-hydrogen) atoms. The van der Waals surface area contributed by atoms with Gasteiger partial charge in [-0.15, -0.1) is 0 Å². The summed E-state index contributed by atoms with van der Waals surface area (Å²) >= 11 is 0. The van der Waals surface area contributed by atoms with Gasteiger partial charge in [-0.1, -0.05) is 12.1 Å². The van der Waals surface area contributed by atoms with Crippen molar-refractivity contribution in [3.05, 3.63) is 29.8 Å². The number of benzene rings is 1. The molecule has 1 aliphatic rings. The second kappa shape index (κ2) is 7.39. The van der Waals surface area contributed by atoms with Gasteiger partial charge < -0.3 is 15.2 Å².